The molecule has 2 aromatic heterocycles. The largest absolute Gasteiger partial charge is 0.378 e. The van der Waals surface area contributed by atoms with E-state index >= 15 is 0 Å². The Morgan fingerprint density at radius 1 is 1.60 bits per heavy atom. The standard InChI is InChI=1S/C11H14ClN3O3S2/c1-2-8-7-18-5-3-15(8)20(16,17)10-9(12)13-11-14(10)4-6-19-11/h4,6,8H,2-3,5,7H2,1H3. The summed E-state index contributed by atoms with van der Waals surface area (Å²) in [7, 11) is -3.68. The van der Waals surface area contributed by atoms with Crippen molar-refractivity contribution in [2.75, 3.05) is 19.8 Å². The van der Waals surface area contributed by atoms with E-state index in [9.17, 15) is 8.42 Å². The van der Waals surface area contributed by atoms with E-state index in [4.69, 9.17) is 16.3 Å². The van der Waals surface area contributed by atoms with Gasteiger partial charge in [-0.15, -0.1) is 11.3 Å². The molecule has 20 heavy (non-hydrogen) atoms. The molecule has 6 nitrogen and oxygen atoms in total. The van der Waals surface area contributed by atoms with Crippen LogP contribution in [0.2, 0.25) is 5.15 Å². The first-order valence-corrected chi connectivity index (χ1v) is 8.96. The number of morpholine rings is 1. The Kier molecular flexibility index (Phi) is 3.76. The van der Waals surface area contributed by atoms with E-state index in [0.29, 0.717) is 31.1 Å². The van der Waals surface area contributed by atoms with Crippen LogP contribution in [0.5, 0.6) is 0 Å². The first-order valence-electron chi connectivity index (χ1n) is 6.26. The van der Waals surface area contributed by atoms with Gasteiger partial charge in [-0.05, 0) is 6.42 Å². The summed E-state index contributed by atoms with van der Waals surface area (Å²) in [4.78, 5) is 4.67. The molecule has 0 bridgehead atoms. The third-order valence-corrected chi connectivity index (χ3v) is 6.49. The van der Waals surface area contributed by atoms with Crippen LogP contribution in [-0.4, -0.2) is 47.9 Å². The number of hydrogen-bond donors (Lipinski definition) is 0. The van der Waals surface area contributed by atoms with Gasteiger partial charge in [0.05, 0.1) is 13.2 Å². The summed E-state index contributed by atoms with van der Waals surface area (Å²) < 4.78 is 34.1. The summed E-state index contributed by atoms with van der Waals surface area (Å²) in [6.07, 6.45) is 2.37. The maximum atomic E-state index is 12.9. The van der Waals surface area contributed by atoms with Crippen molar-refractivity contribution in [3.8, 4) is 0 Å². The van der Waals surface area contributed by atoms with Gasteiger partial charge in [-0.25, -0.2) is 13.4 Å². The van der Waals surface area contributed by atoms with Crippen LogP contribution in [0.15, 0.2) is 16.6 Å². The topological polar surface area (TPSA) is 63.9 Å². The quantitative estimate of drug-likeness (QED) is 0.858. The van der Waals surface area contributed by atoms with Crippen molar-refractivity contribution in [3.63, 3.8) is 0 Å². The Bertz CT molecular complexity index is 724. The van der Waals surface area contributed by atoms with Crippen molar-refractivity contribution in [3.05, 3.63) is 16.7 Å². The molecular weight excluding hydrogens is 322 g/mol. The van der Waals surface area contributed by atoms with E-state index in [2.05, 4.69) is 4.98 Å². The van der Waals surface area contributed by atoms with Gasteiger partial charge in [0.25, 0.3) is 10.0 Å². The fraction of sp³-hybridized carbons (Fsp3) is 0.545. The van der Waals surface area contributed by atoms with Crippen molar-refractivity contribution in [1.82, 2.24) is 13.7 Å². The van der Waals surface area contributed by atoms with Gasteiger partial charge >= 0.3 is 0 Å². The molecule has 2 aromatic rings. The number of hydrogen-bond acceptors (Lipinski definition) is 5. The van der Waals surface area contributed by atoms with E-state index in [0.717, 1.165) is 0 Å². The minimum absolute atomic E-state index is 0.0261. The maximum absolute atomic E-state index is 12.9. The molecule has 0 spiro atoms. The molecule has 0 amide bonds. The Balaban J connectivity index is 2.11. The number of fused-ring (bicyclic) bond motifs is 1. The summed E-state index contributed by atoms with van der Waals surface area (Å²) in [6, 6.07) is -0.158. The molecule has 3 heterocycles. The zero-order chi connectivity index (χ0) is 14.3. The number of thiazole rings is 1. The molecule has 110 valence electrons. The molecule has 9 heteroatoms. The molecule has 0 N–H and O–H groups in total. The second kappa shape index (κ2) is 5.27. The number of ether oxygens (including phenoxy) is 1. The lowest BCUT2D eigenvalue weighted by molar-refractivity contribution is 0.0313. The van der Waals surface area contributed by atoms with Crippen LogP contribution in [0.25, 0.3) is 4.96 Å². The molecule has 0 radical (unpaired) electrons. The lowest BCUT2D eigenvalue weighted by Crippen LogP contribution is -2.48. The Morgan fingerprint density at radius 3 is 3.15 bits per heavy atom. The lowest BCUT2D eigenvalue weighted by atomic mass is 10.2. The molecule has 1 aliphatic heterocycles. The number of halogens is 1. The van der Waals surface area contributed by atoms with Crippen molar-refractivity contribution in [1.29, 1.82) is 0 Å². The van der Waals surface area contributed by atoms with E-state index in [1.54, 1.807) is 11.6 Å². The SMILES string of the molecule is CCC1COCCN1S(=O)(=O)c1c(Cl)nc2sccn12. The smallest absolute Gasteiger partial charge is 0.262 e. The summed E-state index contributed by atoms with van der Waals surface area (Å²) in [5.74, 6) is 0. The average molecular weight is 336 g/mol. The van der Waals surface area contributed by atoms with E-state index in [1.165, 1.54) is 20.0 Å². The van der Waals surface area contributed by atoms with E-state index in [-0.39, 0.29) is 16.2 Å². The fourth-order valence-corrected chi connectivity index (χ4v) is 5.44. The average Bonchev–Trinajstić information content (AvgIpc) is 2.97. The maximum Gasteiger partial charge on any atom is 0.262 e. The molecule has 0 aliphatic carbocycles. The van der Waals surface area contributed by atoms with Crippen LogP contribution in [0.1, 0.15) is 13.3 Å². The highest BCUT2D eigenvalue weighted by Gasteiger charge is 2.37. The van der Waals surface area contributed by atoms with Crippen LogP contribution in [-0.2, 0) is 14.8 Å². The predicted octanol–water partition coefficient (Wildman–Crippen LogP) is 1.85. The fourth-order valence-electron chi connectivity index (χ4n) is 2.36. The second-order valence-electron chi connectivity index (χ2n) is 4.52. The second-order valence-corrected chi connectivity index (χ2v) is 7.55. The zero-order valence-electron chi connectivity index (χ0n) is 10.8. The first kappa shape index (κ1) is 14.3. The van der Waals surface area contributed by atoms with E-state index < -0.39 is 10.0 Å². The van der Waals surface area contributed by atoms with Crippen molar-refractivity contribution < 1.29 is 13.2 Å². The van der Waals surface area contributed by atoms with Crippen LogP contribution in [0.4, 0.5) is 0 Å². The van der Waals surface area contributed by atoms with Gasteiger partial charge in [0.1, 0.15) is 0 Å². The highest BCUT2D eigenvalue weighted by atomic mass is 35.5. The van der Waals surface area contributed by atoms with Crippen LogP contribution >= 0.6 is 22.9 Å². The normalized spacial score (nSPS) is 21.6. The molecule has 0 saturated carbocycles. The van der Waals surface area contributed by atoms with Crippen LogP contribution < -0.4 is 0 Å². The monoisotopic (exact) mass is 335 g/mol. The number of nitrogens with zero attached hydrogens (tertiary/aromatic N) is 3. The van der Waals surface area contributed by atoms with Crippen LogP contribution in [0.3, 0.4) is 0 Å². The van der Waals surface area contributed by atoms with Crippen molar-refractivity contribution >= 4 is 37.9 Å². The molecule has 1 aliphatic rings. The molecule has 1 atom stereocenters. The van der Waals surface area contributed by atoms with Gasteiger partial charge < -0.3 is 4.74 Å². The minimum atomic E-state index is -3.68. The minimum Gasteiger partial charge on any atom is -0.378 e. The summed E-state index contributed by atoms with van der Waals surface area (Å²) in [5.41, 5.74) is 0. The van der Waals surface area contributed by atoms with Gasteiger partial charge in [0.15, 0.2) is 15.1 Å². The predicted molar refractivity (Wildman–Crippen MR) is 76.9 cm³/mol. The molecule has 1 fully saturated rings. The van der Waals surface area contributed by atoms with Gasteiger partial charge in [0.2, 0.25) is 0 Å². The van der Waals surface area contributed by atoms with Gasteiger partial charge in [0, 0.05) is 24.2 Å². The third-order valence-electron chi connectivity index (χ3n) is 3.38. The lowest BCUT2D eigenvalue weighted by Gasteiger charge is -2.33. The molecule has 0 aromatic carbocycles. The van der Waals surface area contributed by atoms with Gasteiger partial charge in [-0.3, -0.25) is 4.40 Å². The third kappa shape index (κ3) is 2.15. The van der Waals surface area contributed by atoms with Gasteiger partial charge in [-0.2, -0.15) is 4.31 Å². The Hall–Kier alpha value is -0.670. The molecule has 1 saturated heterocycles. The van der Waals surface area contributed by atoms with Crippen LogP contribution in [0, 0.1) is 0 Å². The number of sulfonamides is 1. The Labute approximate surface area is 126 Å². The first-order chi connectivity index (χ1) is 9.55. The highest BCUT2D eigenvalue weighted by Crippen LogP contribution is 2.30. The Morgan fingerprint density at radius 2 is 2.40 bits per heavy atom. The molecular formula is C11H14ClN3O3S2. The van der Waals surface area contributed by atoms with Crippen molar-refractivity contribution in [2.24, 2.45) is 0 Å². The van der Waals surface area contributed by atoms with E-state index in [1.807, 2.05) is 6.92 Å². The highest BCUT2D eigenvalue weighted by molar-refractivity contribution is 7.89. The zero-order valence-corrected chi connectivity index (χ0v) is 13.2. The molecule has 1 unspecified atom stereocenters. The number of rotatable bonds is 3. The summed E-state index contributed by atoms with van der Waals surface area (Å²) in [6.45, 7) is 3.10. The van der Waals surface area contributed by atoms with Crippen molar-refractivity contribution in [2.45, 2.75) is 24.4 Å². The number of imidazole rings is 1. The summed E-state index contributed by atoms with van der Waals surface area (Å²) >= 11 is 7.39. The number of aromatic nitrogens is 2. The molecule has 3 rings (SSSR count). The van der Waals surface area contributed by atoms with Gasteiger partial charge in [-0.1, -0.05) is 18.5 Å². The summed E-state index contributed by atoms with van der Waals surface area (Å²) in [5, 5.41) is 1.86.